The Balaban J connectivity index is 2.04. The topological polar surface area (TPSA) is 83.0 Å². The summed E-state index contributed by atoms with van der Waals surface area (Å²) >= 11 is 1.51. The van der Waals surface area contributed by atoms with Crippen LogP contribution in [0.2, 0.25) is 0 Å². The van der Waals surface area contributed by atoms with Crippen molar-refractivity contribution in [1.29, 1.82) is 5.26 Å². The highest BCUT2D eigenvalue weighted by Gasteiger charge is 2.17. The molecular weight excluding hydrogens is 336 g/mol. The van der Waals surface area contributed by atoms with Gasteiger partial charge in [-0.1, -0.05) is 11.8 Å². The first-order valence-corrected chi connectivity index (χ1v) is 9.32. The van der Waals surface area contributed by atoms with Crippen molar-refractivity contribution in [3.8, 4) is 6.07 Å². The van der Waals surface area contributed by atoms with E-state index in [0.29, 0.717) is 38.1 Å². The third-order valence-electron chi connectivity index (χ3n) is 3.94. The van der Waals surface area contributed by atoms with E-state index in [1.807, 2.05) is 26.2 Å². The largest absolute Gasteiger partial charge is 0.467 e. The molecule has 7 heteroatoms. The standard InChI is InChI=1S/C18H22N4O2S/c1-13-16(14(2)21-18(20-13)25-3)7-8-17(23)22(10-5-9-19)12-15-6-4-11-24-15/h4,6,11H,5,7-8,10,12H2,1-3H3. The summed E-state index contributed by atoms with van der Waals surface area (Å²) in [6.45, 7) is 4.68. The van der Waals surface area contributed by atoms with Crippen molar-refractivity contribution >= 4 is 17.7 Å². The molecule has 0 aliphatic heterocycles. The molecule has 6 nitrogen and oxygen atoms in total. The SMILES string of the molecule is CSc1nc(C)c(CCC(=O)N(CCC#N)Cc2ccco2)c(C)n1. The number of amides is 1. The molecule has 0 radical (unpaired) electrons. The second-order valence-electron chi connectivity index (χ2n) is 5.66. The zero-order chi connectivity index (χ0) is 18.2. The molecule has 0 aromatic carbocycles. The Morgan fingerprint density at radius 2 is 2.08 bits per heavy atom. The summed E-state index contributed by atoms with van der Waals surface area (Å²) in [5.41, 5.74) is 2.85. The molecule has 0 saturated heterocycles. The summed E-state index contributed by atoms with van der Waals surface area (Å²) in [4.78, 5) is 23.2. The van der Waals surface area contributed by atoms with Crippen molar-refractivity contribution in [3.05, 3.63) is 41.1 Å². The average molecular weight is 358 g/mol. The zero-order valence-corrected chi connectivity index (χ0v) is 15.6. The van der Waals surface area contributed by atoms with Crippen LogP contribution in [0.25, 0.3) is 0 Å². The highest BCUT2D eigenvalue weighted by Crippen LogP contribution is 2.18. The summed E-state index contributed by atoms with van der Waals surface area (Å²) in [5, 5.41) is 9.57. The van der Waals surface area contributed by atoms with Gasteiger partial charge in [0, 0.05) is 24.4 Å². The summed E-state index contributed by atoms with van der Waals surface area (Å²) in [6.07, 6.45) is 4.77. The highest BCUT2D eigenvalue weighted by atomic mass is 32.2. The lowest BCUT2D eigenvalue weighted by Gasteiger charge is -2.21. The number of carbonyl (C=O) groups excluding carboxylic acids is 1. The van der Waals surface area contributed by atoms with Crippen molar-refractivity contribution in [2.24, 2.45) is 0 Å². The number of thioether (sulfide) groups is 1. The fourth-order valence-electron chi connectivity index (χ4n) is 2.62. The Hall–Kier alpha value is -2.33. The van der Waals surface area contributed by atoms with Gasteiger partial charge in [-0.2, -0.15) is 5.26 Å². The van der Waals surface area contributed by atoms with Gasteiger partial charge >= 0.3 is 0 Å². The summed E-state index contributed by atoms with van der Waals surface area (Å²) in [6, 6.07) is 5.71. The van der Waals surface area contributed by atoms with E-state index in [4.69, 9.17) is 9.68 Å². The Kier molecular flexibility index (Phi) is 7.02. The molecule has 0 N–H and O–H groups in total. The number of aryl methyl sites for hydroxylation is 2. The van der Waals surface area contributed by atoms with E-state index in [1.165, 1.54) is 11.8 Å². The van der Waals surface area contributed by atoms with Gasteiger partial charge in [0.05, 0.1) is 25.3 Å². The van der Waals surface area contributed by atoms with E-state index < -0.39 is 0 Å². The van der Waals surface area contributed by atoms with Gasteiger partial charge in [0.2, 0.25) is 5.91 Å². The molecule has 0 bridgehead atoms. The molecular formula is C18H22N4O2S. The average Bonchev–Trinajstić information content (AvgIpc) is 3.10. The second kappa shape index (κ2) is 9.23. The second-order valence-corrected chi connectivity index (χ2v) is 6.44. The van der Waals surface area contributed by atoms with Crippen LogP contribution in [0, 0.1) is 25.2 Å². The van der Waals surface area contributed by atoms with E-state index in [0.717, 1.165) is 22.1 Å². The fraction of sp³-hybridized carbons (Fsp3) is 0.444. The fourth-order valence-corrected chi connectivity index (χ4v) is 3.08. The molecule has 2 rings (SSSR count). The van der Waals surface area contributed by atoms with Crippen LogP contribution in [-0.2, 0) is 17.8 Å². The van der Waals surface area contributed by atoms with Gasteiger partial charge in [0.25, 0.3) is 0 Å². The van der Waals surface area contributed by atoms with Gasteiger partial charge in [-0.05, 0) is 44.2 Å². The minimum Gasteiger partial charge on any atom is -0.467 e. The van der Waals surface area contributed by atoms with Crippen molar-refractivity contribution < 1.29 is 9.21 Å². The van der Waals surface area contributed by atoms with Gasteiger partial charge in [-0.15, -0.1) is 0 Å². The van der Waals surface area contributed by atoms with Crippen LogP contribution in [0.15, 0.2) is 28.0 Å². The van der Waals surface area contributed by atoms with E-state index >= 15 is 0 Å². The third-order valence-corrected chi connectivity index (χ3v) is 4.49. The monoisotopic (exact) mass is 358 g/mol. The maximum absolute atomic E-state index is 12.6. The quantitative estimate of drug-likeness (QED) is 0.532. The lowest BCUT2D eigenvalue weighted by Crippen LogP contribution is -2.31. The summed E-state index contributed by atoms with van der Waals surface area (Å²) < 4.78 is 5.32. The van der Waals surface area contributed by atoms with Crippen LogP contribution in [0.5, 0.6) is 0 Å². The maximum Gasteiger partial charge on any atom is 0.223 e. The maximum atomic E-state index is 12.6. The molecule has 0 aliphatic rings. The normalized spacial score (nSPS) is 10.5. The van der Waals surface area contributed by atoms with Crippen LogP contribution in [-0.4, -0.2) is 33.6 Å². The molecule has 2 aromatic heterocycles. The number of hydrogen-bond acceptors (Lipinski definition) is 6. The van der Waals surface area contributed by atoms with Gasteiger partial charge in [0.15, 0.2) is 5.16 Å². The molecule has 0 aliphatic carbocycles. The lowest BCUT2D eigenvalue weighted by atomic mass is 10.1. The molecule has 2 heterocycles. The molecule has 0 fully saturated rings. The van der Waals surface area contributed by atoms with Crippen LogP contribution >= 0.6 is 11.8 Å². The Labute approximate surface area is 152 Å². The van der Waals surface area contributed by atoms with Crippen molar-refractivity contribution in [1.82, 2.24) is 14.9 Å². The first-order valence-electron chi connectivity index (χ1n) is 8.10. The van der Waals surface area contributed by atoms with Crippen LogP contribution in [0.3, 0.4) is 0 Å². The van der Waals surface area contributed by atoms with Crippen LogP contribution < -0.4 is 0 Å². The van der Waals surface area contributed by atoms with E-state index in [-0.39, 0.29) is 5.91 Å². The molecule has 0 spiro atoms. The molecule has 25 heavy (non-hydrogen) atoms. The molecule has 132 valence electrons. The van der Waals surface area contributed by atoms with Crippen LogP contribution in [0.4, 0.5) is 0 Å². The Bertz CT molecular complexity index is 730. The first kappa shape index (κ1) is 19.0. The smallest absolute Gasteiger partial charge is 0.223 e. The van der Waals surface area contributed by atoms with Crippen molar-refractivity contribution in [3.63, 3.8) is 0 Å². The predicted molar refractivity (Wildman–Crippen MR) is 96.0 cm³/mol. The van der Waals surface area contributed by atoms with E-state index in [2.05, 4.69) is 16.0 Å². The summed E-state index contributed by atoms with van der Waals surface area (Å²) in [5.74, 6) is 0.714. The van der Waals surface area contributed by atoms with Gasteiger partial charge < -0.3 is 9.32 Å². The minimum absolute atomic E-state index is 0.000562. The van der Waals surface area contributed by atoms with Gasteiger partial charge in [-0.25, -0.2) is 9.97 Å². The number of hydrogen-bond donors (Lipinski definition) is 0. The Morgan fingerprint density at radius 3 is 2.64 bits per heavy atom. The van der Waals surface area contributed by atoms with Gasteiger partial charge in [0.1, 0.15) is 5.76 Å². The lowest BCUT2D eigenvalue weighted by molar-refractivity contribution is -0.132. The Morgan fingerprint density at radius 1 is 1.36 bits per heavy atom. The number of aromatic nitrogens is 2. The highest BCUT2D eigenvalue weighted by molar-refractivity contribution is 7.98. The minimum atomic E-state index is -0.000562. The molecule has 1 amide bonds. The molecule has 2 aromatic rings. The van der Waals surface area contributed by atoms with Crippen molar-refractivity contribution in [2.75, 3.05) is 12.8 Å². The first-order chi connectivity index (χ1) is 12.0. The van der Waals surface area contributed by atoms with Crippen molar-refractivity contribution in [2.45, 2.75) is 44.8 Å². The zero-order valence-electron chi connectivity index (χ0n) is 14.8. The number of nitrogens with zero attached hydrogens (tertiary/aromatic N) is 4. The molecule has 0 saturated carbocycles. The number of rotatable bonds is 8. The number of carbonyl (C=O) groups is 1. The predicted octanol–water partition coefficient (Wildman–Crippen LogP) is 3.28. The number of nitriles is 1. The van der Waals surface area contributed by atoms with Crippen LogP contribution in [0.1, 0.15) is 35.6 Å². The third kappa shape index (κ3) is 5.33. The van der Waals surface area contributed by atoms with E-state index in [9.17, 15) is 4.79 Å². The van der Waals surface area contributed by atoms with E-state index in [1.54, 1.807) is 17.2 Å². The molecule has 0 unspecified atom stereocenters. The summed E-state index contributed by atoms with van der Waals surface area (Å²) in [7, 11) is 0. The van der Waals surface area contributed by atoms with Gasteiger partial charge in [-0.3, -0.25) is 4.79 Å². The number of furan rings is 1. The molecule has 0 atom stereocenters.